The highest BCUT2D eigenvalue weighted by molar-refractivity contribution is 5.52. The van der Waals surface area contributed by atoms with Crippen LogP contribution in [-0.2, 0) is 6.42 Å². The molecule has 0 spiro atoms. The van der Waals surface area contributed by atoms with Crippen LogP contribution in [0.2, 0.25) is 0 Å². The molecule has 2 nitrogen and oxygen atoms in total. The van der Waals surface area contributed by atoms with Gasteiger partial charge in [0.15, 0.2) is 0 Å². The van der Waals surface area contributed by atoms with Crippen LogP contribution in [0.5, 0.6) is 0 Å². The summed E-state index contributed by atoms with van der Waals surface area (Å²) < 4.78 is 2.13. The van der Waals surface area contributed by atoms with Gasteiger partial charge in [0.2, 0.25) is 0 Å². The standard InChI is InChI=1S/C16H16N2/c1-12-8-15(9-14-6-4-3-5-7-14)16-17-13(2)11-18(16)10-12/h3-8,10-11H,9H2,1-2H3. The zero-order chi connectivity index (χ0) is 12.5. The van der Waals surface area contributed by atoms with Crippen molar-refractivity contribution in [3.8, 4) is 0 Å². The van der Waals surface area contributed by atoms with E-state index in [0.29, 0.717) is 0 Å². The number of hydrogen-bond acceptors (Lipinski definition) is 1. The SMILES string of the molecule is Cc1cc(Cc2ccccc2)c2nc(C)cn2c1. The van der Waals surface area contributed by atoms with Gasteiger partial charge in [-0.15, -0.1) is 0 Å². The van der Waals surface area contributed by atoms with E-state index in [1.54, 1.807) is 0 Å². The molecule has 0 saturated carbocycles. The number of aryl methyl sites for hydroxylation is 2. The number of imidazole rings is 1. The molecule has 2 aromatic heterocycles. The van der Waals surface area contributed by atoms with Gasteiger partial charge in [0.1, 0.15) is 5.65 Å². The molecular formula is C16H16N2. The smallest absolute Gasteiger partial charge is 0.140 e. The second-order valence-electron chi connectivity index (χ2n) is 4.82. The van der Waals surface area contributed by atoms with Crippen molar-refractivity contribution >= 4 is 5.65 Å². The molecule has 0 N–H and O–H groups in total. The van der Waals surface area contributed by atoms with E-state index in [1.807, 2.05) is 6.92 Å². The Morgan fingerprint density at radius 1 is 1.06 bits per heavy atom. The molecule has 3 aromatic rings. The van der Waals surface area contributed by atoms with Crippen LogP contribution >= 0.6 is 0 Å². The third-order valence-corrected chi connectivity index (χ3v) is 3.12. The van der Waals surface area contributed by atoms with E-state index in [0.717, 1.165) is 17.8 Å². The van der Waals surface area contributed by atoms with E-state index in [-0.39, 0.29) is 0 Å². The summed E-state index contributed by atoms with van der Waals surface area (Å²) in [4.78, 5) is 4.61. The van der Waals surface area contributed by atoms with Crippen LogP contribution in [0.3, 0.4) is 0 Å². The van der Waals surface area contributed by atoms with Crippen LogP contribution in [0.15, 0.2) is 48.8 Å². The average Bonchev–Trinajstić information content (AvgIpc) is 2.71. The van der Waals surface area contributed by atoms with E-state index in [1.165, 1.54) is 16.7 Å². The minimum Gasteiger partial charge on any atom is -0.306 e. The summed E-state index contributed by atoms with van der Waals surface area (Å²) in [6.07, 6.45) is 5.14. The lowest BCUT2D eigenvalue weighted by Crippen LogP contribution is -1.95. The second-order valence-corrected chi connectivity index (χ2v) is 4.82. The molecule has 0 amide bonds. The molecule has 1 aromatic carbocycles. The first-order chi connectivity index (χ1) is 8.72. The maximum atomic E-state index is 4.61. The Hall–Kier alpha value is -2.09. The lowest BCUT2D eigenvalue weighted by molar-refractivity contribution is 1.09. The second kappa shape index (κ2) is 4.30. The van der Waals surface area contributed by atoms with Crippen molar-refractivity contribution in [2.24, 2.45) is 0 Å². The maximum absolute atomic E-state index is 4.61. The van der Waals surface area contributed by atoms with Crippen LogP contribution in [0.4, 0.5) is 0 Å². The average molecular weight is 236 g/mol. The molecule has 0 aliphatic heterocycles. The maximum Gasteiger partial charge on any atom is 0.140 e. The van der Waals surface area contributed by atoms with Gasteiger partial charge in [-0.3, -0.25) is 0 Å². The van der Waals surface area contributed by atoms with Gasteiger partial charge < -0.3 is 4.40 Å². The zero-order valence-corrected chi connectivity index (χ0v) is 10.7. The lowest BCUT2D eigenvalue weighted by atomic mass is 10.1. The molecule has 0 radical (unpaired) electrons. The molecule has 3 rings (SSSR count). The topological polar surface area (TPSA) is 17.3 Å². The van der Waals surface area contributed by atoms with Gasteiger partial charge in [-0.2, -0.15) is 0 Å². The van der Waals surface area contributed by atoms with Crippen molar-refractivity contribution in [2.75, 3.05) is 0 Å². The Balaban J connectivity index is 2.10. The Labute approximate surface area is 107 Å². The molecule has 0 aliphatic carbocycles. The van der Waals surface area contributed by atoms with Crippen LogP contribution < -0.4 is 0 Å². The monoisotopic (exact) mass is 236 g/mol. The number of pyridine rings is 1. The predicted octanol–water partition coefficient (Wildman–Crippen LogP) is 3.54. The summed E-state index contributed by atoms with van der Waals surface area (Å²) in [5.41, 5.74) is 6.02. The normalized spacial score (nSPS) is 11.0. The van der Waals surface area contributed by atoms with E-state index in [9.17, 15) is 0 Å². The van der Waals surface area contributed by atoms with Crippen molar-refractivity contribution in [1.82, 2.24) is 9.38 Å². The van der Waals surface area contributed by atoms with Gasteiger partial charge in [-0.25, -0.2) is 4.98 Å². The van der Waals surface area contributed by atoms with E-state index < -0.39 is 0 Å². The first kappa shape index (κ1) is 11.0. The molecule has 0 bridgehead atoms. The molecule has 0 fully saturated rings. The first-order valence-corrected chi connectivity index (χ1v) is 6.21. The molecule has 0 aliphatic rings. The van der Waals surface area contributed by atoms with Crippen molar-refractivity contribution < 1.29 is 0 Å². The van der Waals surface area contributed by atoms with Crippen LogP contribution in [0, 0.1) is 13.8 Å². The van der Waals surface area contributed by atoms with Gasteiger partial charge in [0.25, 0.3) is 0 Å². The molecule has 0 unspecified atom stereocenters. The molecule has 18 heavy (non-hydrogen) atoms. The summed E-state index contributed by atoms with van der Waals surface area (Å²) >= 11 is 0. The highest BCUT2D eigenvalue weighted by Crippen LogP contribution is 2.17. The molecule has 0 saturated heterocycles. The van der Waals surface area contributed by atoms with Crippen LogP contribution in [0.25, 0.3) is 5.65 Å². The fraction of sp³-hybridized carbons (Fsp3) is 0.188. The van der Waals surface area contributed by atoms with Gasteiger partial charge in [-0.05, 0) is 25.0 Å². The molecular weight excluding hydrogens is 220 g/mol. The summed E-state index contributed by atoms with van der Waals surface area (Å²) in [7, 11) is 0. The van der Waals surface area contributed by atoms with Gasteiger partial charge in [0, 0.05) is 24.4 Å². The number of rotatable bonds is 2. The van der Waals surface area contributed by atoms with Crippen molar-refractivity contribution in [1.29, 1.82) is 0 Å². The Kier molecular flexibility index (Phi) is 2.63. The summed E-state index contributed by atoms with van der Waals surface area (Å²) in [6, 6.07) is 12.8. The largest absolute Gasteiger partial charge is 0.306 e. The molecule has 2 heteroatoms. The molecule has 0 atom stereocenters. The molecule has 2 heterocycles. The summed E-state index contributed by atoms with van der Waals surface area (Å²) in [5.74, 6) is 0. The molecule has 90 valence electrons. The van der Waals surface area contributed by atoms with E-state index in [2.05, 4.69) is 65.1 Å². The zero-order valence-electron chi connectivity index (χ0n) is 10.7. The predicted molar refractivity (Wildman–Crippen MR) is 73.9 cm³/mol. The first-order valence-electron chi connectivity index (χ1n) is 6.21. The fourth-order valence-electron chi connectivity index (χ4n) is 2.39. The highest BCUT2D eigenvalue weighted by Gasteiger charge is 2.06. The van der Waals surface area contributed by atoms with Gasteiger partial charge in [-0.1, -0.05) is 36.4 Å². The number of fused-ring (bicyclic) bond motifs is 1. The minimum atomic E-state index is 0.933. The third kappa shape index (κ3) is 2.02. The number of hydrogen-bond donors (Lipinski definition) is 0. The quantitative estimate of drug-likeness (QED) is 0.665. The van der Waals surface area contributed by atoms with Crippen molar-refractivity contribution in [2.45, 2.75) is 20.3 Å². The summed E-state index contributed by atoms with van der Waals surface area (Å²) in [6.45, 7) is 4.16. The Bertz CT molecular complexity index is 681. The van der Waals surface area contributed by atoms with E-state index >= 15 is 0 Å². The van der Waals surface area contributed by atoms with E-state index in [4.69, 9.17) is 0 Å². The summed E-state index contributed by atoms with van der Waals surface area (Å²) in [5, 5.41) is 0. The van der Waals surface area contributed by atoms with Crippen molar-refractivity contribution in [3.05, 3.63) is 71.2 Å². The van der Waals surface area contributed by atoms with Crippen LogP contribution in [-0.4, -0.2) is 9.38 Å². The minimum absolute atomic E-state index is 0.933. The fourth-order valence-corrected chi connectivity index (χ4v) is 2.39. The lowest BCUT2D eigenvalue weighted by Gasteiger charge is -2.06. The number of nitrogens with zero attached hydrogens (tertiary/aromatic N) is 2. The Morgan fingerprint density at radius 3 is 2.61 bits per heavy atom. The highest BCUT2D eigenvalue weighted by atomic mass is 15.0. The third-order valence-electron chi connectivity index (χ3n) is 3.12. The number of aromatic nitrogens is 2. The van der Waals surface area contributed by atoms with Crippen molar-refractivity contribution in [3.63, 3.8) is 0 Å². The Morgan fingerprint density at radius 2 is 1.83 bits per heavy atom. The number of benzene rings is 1. The van der Waals surface area contributed by atoms with Crippen LogP contribution in [0.1, 0.15) is 22.4 Å². The van der Waals surface area contributed by atoms with Gasteiger partial charge in [0.05, 0.1) is 5.69 Å². The van der Waals surface area contributed by atoms with Gasteiger partial charge >= 0.3 is 0 Å².